The number of nitrogens with one attached hydrogen (secondary N) is 1. The van der Waals surface area contributed by atoms with Crippen LogP contribution in [0.3, 0.4) is 0 Å². The van der Waals surface area contributed by atoms with Crippen molar-refractivity contribution in [3.8, 4) is 11.5 Å². The molecular weight excluding hydrogens is 474 g/mol. The summed E-state index contributed by atoms with van der Waals surface area (Å²) in [5, 5.41) is 2.91. The zero-order chi connectivity index (χ0) is 25.3. The second kappa shape index (κ2) is 9.90. The molecule has 0 aliphatic carbocycles. The molecule has 10 nitrogen and oxygen atoms in total. The smallest absolute Gasteiger partial charge is 0.341 e. The molecule has 0 bridgehead atoms. The van der Waals surface area contributed by atoms with Crippen LogP contribution in [-0.2, 0) is 33.1 Å². The zero-order valence-electron chi connectivity index (χ0n) is 20.4. The first-order chi connectivity index (χ1) is 16.6. The Labute approximate surface area is 205 Å². The maximum Gasteiger partial charge on any atom is 0.341 e. The largest absolute Gasteiger partial charge is 0.462 e. The second-order valence-electron chi connectivity index (χ2n) is 8.76. The van der Waals surface area contributed by atoms with Crippen molar-refractivity contribution in [2.75, 3.05) is 26.5 Å². The summed E-state index contributed by atoms with van der Waals surface area (Å²) in [7, 11) is -2.31. The predicted molar refractivity (Wildman–Crippen MR) is 127 cm³/mol. The number of nitrogens with zero attached hydrogens (tertiary/aromatic N) is 2. The lowest BCUT2D eigenvalue weighted by Gasteiger charge is -2.31. The Hall–Kier alpha value is -3.05. The number of ether oxygens (including phenoxy) is 3. The molecule has 1 atom stereocenters. The molecule has 3 heterocycles. The summed E-state index contributed by atoms with van der Waals surface area (Å²) in [5.41, 5.74) is 1.90. The molecule has 0 unspecified atom stereocenters. The van der Waals surface area contributed by atoms with Crippen molar-refractivity contribution in [1.82, 2.24) is 14.2 Å². The first-order valence-electron chi connectivity index (χ1n) is 11.6. The number of esters is 1. The van der Waals surface area contributed by atoms with Crippen LogP contribution in [0.15, 0.2) is 23.1 Å². The minimum Gasteiger partial charge on any atom is -0.462 e. The van der Waals surface area contributed by atoms with E-state index in [9.17, 15) is 18.0 Å². The topological polar surface area (TPSA) is 116 Å². The summed E-state index contributed by atoms with van der Waals surface area (Å²) in [6, 6.07) is 5.46. The summed E-state index contributed by atoms with van der Waals surface area (Å²) in [4.78, 5) is 25.5. The average molecular weight is 506 g/mol. The highest BCUT2D eigenvalue weighted by molar-refractivity contribution is 7.89. The van der Waals surface area contributed by atoms with E-state index in [0.29, 0.717) is 42.3 Å². The summed E-state index contributed by atoms with van der Waals surface area (Å²) in [6.45, 7) is 5.98. The fraction of sp³-hybridized carbons (Fsp3) is 0.500. The highest BCUT2D eigenvalue weighted by atomic mass is 32.2. The van der Waals surface area contributed by atoms with Crippen molar-refractivity contribution in [2.24, 2.45) is 13.0 Å². The second-order valence-corrected chi connectivity index (χ2v) is 10.6. The number of hydrogen-bond donors (Lipinski definition) is 1. The van der Waals surface area contributed by atoms with Gasteiger partial charge in [-0.3, -0.25) is 4.79 Å². The fourth-order valence-corrected chi connectivity index (χ4v) is 6.57. The van der Waals surface area contributed by atoms with Crippen LogP contribution < -0.4 is 14.8 Å². The Bertz CT molecular complexity index is 1250. The molecule has 1 amide bonds. The number of aromatic nitrogens is 1. The number of piperidine rings is 1. The first-order valence-corrected chi connectivity index (χ1v) is 13.1. The lowest BCUT2D eigenvalue weighted by Crippen LogP contribution is -2.45. The van der Waals surface area contributed by atoms with Gasteiger partial charge in [-0.15, -0.1) is 0 Å². The molecule has 4 rings (SSSR count). The molecule has 11 heteroatoms. The van der Waals surface area contributed by atoms with Gasteiger partial charge in [-0.25, -0.2) is 13.2 Å². The van der Waals surface area contributed by atoms with E-state index in [0.717, 1.165) is 5.56 Å². The molecule has 2 aromatic rings. The van der Waals surface area contributed by atoms with Gasteiger partial charge in [0.15, 0.2) is 11.5 Å². The molecule has 2 aliphatic heterocycles. The van der Waals surface area contributed by atoms with E-state index >= 15 is 0 Å². The van der Waals surface area contributed by atoms with Gasteiger partial charge in [0.25, 0.3) is 0 Å². The molecule has 35 heavy (non-hydrogen) atoms. The van der Waals surface area contributed by atoms with Gasteiger partial charge in [-0.1, -0.05) is 6.07 Å². The van der Waals surface area contributed by atoms with E-state index < -0.39 is 21.9 Å². The molecule has 0 saturated carbocycles. The number of hydrogen-bond acceptors (Lipinski definition) is 7. The third-order valence-corrected chi connectivity index (χ3v) is 8.69. The third kappa shape index (κ3) is 4.74. The minimum absolute atomic E-state index is 0.0441. The predicted octanol–water partition coefficient (Wildman–Crippen LogP) is 2.26. The van der Waals surface area contributed by atoms with E-state index in [1.165, 1.54) is 4.31 Å². The molecule has 0 spiro atoms. The van der Waals surface area contributed by atoms with Crippen LogP contribution in [-0.4, -0.2) is 55.7 Å². The molecule has 1 aromatic carbocycles. The van der Waals surface area contributed by atoms with Crippen molar-refractivity contribution >= 4 is 21.9 Å². The Balaban J connectivity index is 1.50. The summed E-state index contributed by atoms with van der Waals surface area (Å²) < 4.78 is 46.2. The van der Waals surface area contributed by atoms with Crippen molar-refractivity contribution in [3.63, 3.8) is 0 Å². The lowest BCUT2D eigenvalue weighted by atomic mass is 9.98. The van der Waals surface area contributed by atoms with Crippen molar-refractivity contribution in [2.45, 2.75) is 45.1 Å². The third-order valence-electron chi connectivity index (χ3n) is 6.66. The van der Waals surface area contributed by atoms with Gasteiger partial charge in [-0.05, 0) is 51.3 Å². The fourth-order valence-electron chi connectivity index (χ4n) is 4.56. The van der Waals surface area contributed by atoms with Gasteiger partial charge >= 0.3 is 5.97 Å². The van der Waals surface area contributed by atoms with Gasteiger partial charge in [0.05, 0.1) is 12.5 Å². The molecule has 1 N–H and O–H groups in total. The number of amides is 1. The van der Waals surface area contributed by atoms with Gasteiger partial charge in [0.1, 0.15) is 10.5 Å². The molecular formula is C24H31N3O7S. The van der Waals surface area contributed by atoms with Crippen LogP contribution in [0.1, 0.15) is 47.1 Å². The number of sulfonamides is 1. The first kappa shape index (κ1) is 25.1. The summed E-state index contributed by atoms with van der Waals surface area (Å²) in [5.74, 6) is -0.0698. The van der Waals surface area contributed by atoms with Crippen LogP contribution in [0.5, 0.6) is 11.5 Å². The van der Waals surface area contributed by atoms with E-state index in [1.54, 1.807) is 38.5 Å². The Morgan fingerprint density at radius 1 is 1.17 bits per heavy atom. The molecule has 1 fully saturated rings. The molecule has 1 saturated heterocycles. The van der Waals surface area contributed by atoms with E-state index in [2.05, 4.69) is 5.32 Å². The maximum atomic E-state index is 13.7. The maximum absolute atomic E-state index is 13.7. The Morgan fingerprint density at radius 2 is 1.91 bits per heavy atom. The lowest BCUT2D eigenvalue weighted by molar-refractivity contribution is -0.126. The van der Waals surface area contributed by atoms with Crippen molar-refractivity contribution in [3.05, 3.63) is 40.7 Å². The quantitative estimate of drug-likeness (QED) is 0.574. The normalized spacial score (nSPS) is 17.9. The molecule has 190 valence electrons. The highest BCUT2D eigenvalue weighted by Crippen LogP contribution is 2.33. The van der Waals surface area contributed by atoms with Gasteiger partial charge in [0.2, 0.25) is 22.7 Å². The Morgan fingerprint density at radius 3 is 2.66 bits per heavy atom. The van der Waals surface area contributed by atoms with E-state index in [1.807, 2.05) is 12.1 Å². The van der Waals surface area contributed by atoms with Gasteiger partial charge in [-0.2, -0.15) is 4.31 Å². The molecule has 2 aliphatic rings. The van der Waals surface area contributed by atoms with Crippen LogP contribution in [0.25, 0.3) is 0 Å². The van der Waals surface area contributed by atoms with E-state index in [4.69, 9.17) is 14.2 Å². The van der Waals surface area contributed by atoms with Crippen molar-refractivity contribution in [1.29, 1.82) is 0 Å². The minimum atomic E-state index is -4.03. The number of benzene rings is 1. The number of carbonyl (C=O) groups excluding carboxylic acids is 2. The molecule has 1 aromatic heterocycles. The SMILES string of the molecule is CCOC(=O)c1c(S(=O)(=O)N2CCC[C@H](C(=O)NCc3ccc4c(c3)OCO4)C2)c(C)n(C)c1C. The number of carbonyl (C=O) groups is 2. The van der Waals surface area contributed by atoms with E-state index in [-0.39, 0.29) is 42.9 Å². The average Bonchev–Trinajstić information content (AvgIpc) is 3.40. The van der Waals surface area contributed by atoms with Gasteiger partial charge < -0.3 is 24.1 Å². The number of fused-ring (bicyclic) bond motifs is 1. The standard InChI is InChI=1S/C24H31N3O7S/c1-5-32-24(29)21-15(2)26(4)16(3)22(21)35(30,31)27-10-6-7-18(13-27)23(28)25-12-17-8-9-19-20(11-17)34-14-33-19/h8-9,11,18H,5-7,10,12-14H2,1-4H3,(H,25,28)/t18-/m0/s1. The van der Waals surface area contributed by atoms with Crippen LogP contribution in [0, 0.1) is 19.8 Å². The van der Waals surface area contributed by atoms with Crippen LogP contribution in [0.4, 0.5) is 0 Å². The summed E-state index contributed by atoms with van der Waals surface area (Å²) in [6.07, 6.45) is 1.12. The van der Waals surface area contributed by atoms with Crippen LogP contribution >= 0.6 is 0 Å². The highest BCUT2D eigenvalue weighted by Gasteiger charge is 2.39. The Kier molecular flexibility index (Phi) is 7.09. The van der Waals surface area contributed by atoms with Crippen molar-refractivity contribution < 1.29 is 32.2 Å². The summed E-state index contributed by atoms with van der Waals surface area (Å²) >= 11 is 0. The monoisotopic (exact) mass is 505 g/mol. The van der Waals surface area contributed by atoms with Crippen LogP contribution in [0.2, 0.25) is 0 Å². The number of rotatable bonds is 7. The van der Waals surface area contributed by atoms with Gasteiger partial charge in [0, 0.05) is 38.1 Å². The molecule has 0 radical (unpaired) electrons. The zero-order valence-corrected chi connectivity index (χ0v) is 21.2.